The van der Waals surface area contributed by atoms with Crippen molar-refractivity contribution in [3.8, 4) is 29.4 Å². The fourth-order valence-corrected chi connectivity index (χ4v) is 10.6. The van der Waals surface area contributed by atoms with E-state index in [0.29, 0.717) is 11.5 Å². The Morgan fingerprint density at radius 1 is 0.906 bits per heavy atom. The predicted octanol–water partition coefficient (Wildman–Crippen LogP) is 8.84. The first kappa shape index (κ1) is 44.8. The molecule has 12 nitrogen and oxygen atoms in total. The average molecular weight is 881 g/mol. The first-order valence-electron chi connectivity index (χ1n) is 21.7. The summed E-state index contributed by atoms with van der Waals surface area (Å²) in [6, 6.07) is 17.6. The van der Waals surface area contributed by atoms with Crippen LogP contribution in [0.2, 0.25) is 0 Å². The van der Waals surface area contributed by atoms with Gasteiger partial charge in [-0.2, -0.15) is 5.26 Å². The van der Waals surface area contributed by atoms with Gasteiger partial charge in [0.1, 0.15) is 35.5 Å². The van der Waals surface area contributed by atoms with Gasteiger partial charge in [-0.15, -0.1) is 0 Å². The maximum absolute atomic E-state index is 13.7. The van der Waals surface area contributed by atoms with E-state index in [4.69, 9.17) is 28.0 Å². The van der Waals surface area contributed by atoms with Crippen molar-refractivity contribution in [2.45, 2.75) is 83.6 Å². The summed E-state index contributed by atoms with van der Waals surface area (Å²) in [4.78, 5) is 29.6. The zero-order chi connectivity index (χ0) is 44.9. The zero-order valence-corrected chi connectivity index (χ0v) is 37.8. The van der Waals surface area contributed by atoms with E-state index in [0.717, 1.165) is 28.7 Å². The number of hydrogen-bond acceptors (Lipinski definition) is 10. The van der Waals surface area contributed by atoms with E-state index in [9.17, 15) is 14.9 Å². The highest BCUT2D eigenvalue weighted by Crippen LogP contribution is 2.51. The van der Waals surface area contributed by atoms with Gasteiger partial charge in [0.25, 0.3) is 14.1 Å². The smallest absolute Gasteiger partial charge is 0.330 e. The molecular weight excluding hydrogens is 828 g/mol. The lowest BCUT2D eigenvalue weighted by molar-refractivity contribution is -0.0729. The number of allylic oxidation sites excluding steroid dienone is 14. The van der Waals surface area contributed by atoms with Gasteiger partial charge in [0.15, 0.2) is 0 Å². The standard InChI is InChI=1S/C51H53N4O8P/c1-32(2)55(33(3)4)64(61-28-8-27-52)63-44-29-46(62-45(44)31-60-49(38-17-22-41(58-5)23-18-38)39-19-24-42(59-6)25-20-39)54-30-40(50(56)53-51(54)57)16-12-34-11-13-37-15-14-35-9-7-10-36-21-26-43(34)48(37)47(35)36/h7,9,11,13-15,17-26,30,32-33,44-46,48-49H,8,10,28-29,31H2,1-6H3,(H,53,56,57)/t44-,45-,46-,48?,64?/m1/s1. The SMILES string of the molecule is COc1ccc(C(OC[C@H]2O[C@@H](n3cc(C#CC4=C5C=CC6=C7C(=CC=C(C=C4)C57)C=CC6)c(=O)[nH]c3=O)C[C@H]2OP(OCCC#N)N(C(C)C)C(C)C)c2ccc(OC)cc2)cc1. The highest BCUT2D eigenvalue weighted by atomic mass is 31.2. The summed E-state index contributed by atoms with van der Waals surface area (Å²) < 4.78 is 41.2. The van der Waals surface area contributed by atoms with Gasteiger partial charge < -0.3 is 28.0 Å². The number of hydrogen-bond donors (Lipinski definition) is 1. The normalized spacial score (nSPS) is 21.2. The average Bonchev–Trinajstić information content (AvgIpc) is 3.70. The van der Waals surface area contributed by atoms with Crippen LogP contribution in [-0.4, -0.2) is 65.9 Å². The third-order valence-electron chi connectivity index (χ3n) is 11.8. The number of methoxy groups -OCH3 is 2. The highest BCUT2D eigenvalue weighted by Gasteiger charge is 2.42. The lowest BCUT2D eigenvalue weighted by atomic mass is 9.68. The largest absolute Gasteiger partial charge is 0.497 e. The Hall–Kier alpha value is -5.82. The second-order valence-corrected chi connectivity index (χ2v) is 18.0. The number of benzene rings is 2. The number of nitrogens with zero attached hydrogens (tertiary/aromatic N) is 3. The third kappa shape index (κ3) is 9.50. The first-order chi connectivity index (χ1) is 31.1. The van der Waals surface area contributed by atoms with Crippen LogP contribution in [0.15, 0.2) is 146 Å². The molecule has 1 aromatic heterocycles. The molecule has 0 radical (unpaired) electrons. The summed E-state index contributed by atoms with van der Waals surface area (Å²) in [5, 5.41) is 9.38. The number of nitriles is 1. The van der Waals surface area contributed by atoms with Gasteiger partial charge in [0.05, 0.1) is 46.0 Å². The van der Waals surface area contributed by atoms with Crippen molar-refractivity contribution in [3.05, 3.63) is 174 Å². The molecule has 8 rings (SSSR count). The van der Waals surface area contributed by atoms with E-state index < -0.39 is 44.3 Å². The molecule has 0 spiro atoms. The van der Waals surface area contributed by atoms with Crippen molar-refractivity contribution >= 4 is 8.53 Å². The minimum Gasteiger partial charge on any atom is -0.497 e. The van der Waals surface area contributed by atoms with Gasteiger partial charge in [0, 0.05) is 36.2 Å². The fourth-order valence-electron chi connectivity index (χ4n) is 8.81. The molecule has 2 unspecified atom stereocenters. The molecule has 5 aliphatic rings. The van der Waals surface area contributed by atoms with Crippen molar-refractivity contribution in [2.75, 3.05) is 27.4 Å². The van der Waals surface area contributed by atoms with Crippen LogP contribution in [0.1, 0.15) is 76.0 Å². The number of nitrogens with one attached hydrogen (secondary N) is 1. The van der Waals surface area contributed by atoms with Crippen LogP contribution >= 0.6 is 8.53 Å². The summed E-state index contributed by atoms with van der Waals surface area (Å²) in [5.74, 6) is 7.89. The van der Waals surface area contributed by atoms with E-state index >= 15 is 0 Å². The topological polar surface area (TPSA) is 137 Å². The summed E-state index contributed by atoms with van der Waals surface area (Å²) in [6.45, 7) is 8.54. The molecule has 0 bridgehead atoms. The molecule has 1 fully saturated rings. The Morgan fingerprint density at radius 2 is 1.61 bits per heavy atom. The van der Waals surface area contributed by atoms with Crippen molar-refractivity contribution in [1.29, 1.82) is 5.26 Å². The van der Waals surface area contributed by atoms with Gasteiger partial charge in [-0.1, -0.05) is 78.6 Å². The molecule has 5 atom stereocenters. The molecule has 0 saturated carbocycles. The van der Waals surface area contributed by atoms with Gasteiger partial charge >= 0.3 is 5.69 Å². The second-order valence-electron chi connectivity index (χ2n) is 16.6. The molecule has 64 heavy (non-hydrogen) atoms. The second kappa shape index (κ2) is 19.9. The molecule has 2 aromatic carbocycles. The maximum atomic E-state index is 13.7. The van der Waals surface area contributed by atoms with Crippen LogP contribution in [-0.2, 0) is 18.5 Å². The van der Waals surface area contributed by atoms with Crippen molar-refractivity contribution in [3.63, 3.8) is 0 Å². The monoisotopic (exact) mass is 880 g/mol. The van der Waals surface area contributed by atoms with Gasteiger partial charge in [0.2, 0.25) is 0 Å². The minimum absolute atomic E-state index is 0.0511. The molecular formula is C51H53N4O8P. The van der Waals surface area contributed by atoms with Gasteiger partial charge in [-0.25, -0.2) is 9.46 Å². The van der Waals surface area contributed by atoms with E-state index in [1.165, 1.54) is 33.1 Å². The van der Waals surface area contributed by atoms with E-state index in [1.807, 2.05) is 54.6 Å². The molecule has 1 saturated heterocycles. The van der Waals surface area contributed by atoms with E-state index in [2.05, 4.69) is 97.8 Å². The van der Waals surface area contributed by atoms with Crippen molar-refractivity contribution in [2.24, 2.45) is 5.92 Å². The first-order valence-corrected chi connectivity index (χ1v) is 22.8. The Balaban J connectivity index is 1.11. The van der Waals surface area contributed by atoms with E-state index in [1.54, 1.807) is 14.2 Å². The van der Waals surface area contributed by atoms with Crippen LogP contribution in [0.3, 0.4) is 0 Å². The van der Waals surface area contributed by atoms with Crippen molar-refractivity contribution in [1.82, 2.24) is 14.2 Å². The molecule has 13 heteroatoms. The number of aromatic amines is 1. The lowest BCUT2D eigenvalue weighted by Gasteiger charge is -2.37. The molecule has 0 amide bonds. The number of rotatable bonds is 16. The fraction of sp³-hybridized carbons (Fsp3) is 0.353. The van der Waals surface area contributed by atoms with Crippen LogP contribution in [0.4, 0.5) is 0 Å². The molecule has 330 valence electrons. The van der Waals surface area contributed by atoms with Crippen LogP contribution in [0.5, 0.6) is 11.5 Å². The number of H-pyrrole nitrogens is 1. The highest BCUT2D eigenvalue weighted by molar-refractivity contribution is 7.44. The van der Waals surface area contributed by atoms with Crippen LogP contribution in [0.25, 0.3) is 0 Å². The Kier molecular flexibility index (Phi) is 13.9. The molecule has 2 heterocycles. The molecule has 4 aliphatic carbocycles. The Morgan fingerprint density at radius 3 is 2.27 bits per heavy atom. The summed E-state index contributed by atoms with van der Waals surface area (Å²) in [7, 11) is 1.55. The van der Waals surface area contributed by atoms with Crippen LogP contribution in [0, 0.1) is 29.1 Å². The van der Waals surface area contributed by atoms with E-state index in [-0.39, 0.29) is 49.6 Å². The Labute approximate surface area is 375 Å². The summed E-state index contributed by atoms with van der Waals surface area (Å²) in [6.07, 6.45) is 17.2. The molecule has 1 N–H and O–H groups in total. The Bertz CT molecular complexity index is 2630. The maximum Gasteiger partial charge on any atom is 0.330 e. The predicted molar refractivity (Wildman–Crippen MR) is 246 cm³/mol. The van der Waals surface area contributed by atoms with Gasteiger partial charge in [-0.05, 0) is 103 Å². The number of ether oxygens (including phenoxy) is 4. The zero-order valence-electron chi connectivity index (χ0n) is 36.9. The summed E-state index contributed by atoms with van der Waals surface area (Å²) in [5.41, 5.74) is 7.61. The minimum atomic E-state index is -1.69. The number of aromatic nitrogens is 2. The van der Waals surface area contributed by atoms with Gasteiger partial charge in [-0.3, -0.25) is 14.3 Å². The molecule has 3 aromatic rings. The lowest BCUT2D eigenvalue weighted by Crippen LogP contribution is -2.36. The van der Waals surface area contributed by atoms with Crippen molar-refractivity contribution < 1.29 is 28.0 Å². The third-order valence-corrected chi connectivity index (χ3v) is 14.0. The molecule has 1 aliphatic heterocycles. The quantitative estimate of drug-likeness (QED) is 0.0845. The summed E-state index contributed by atoms with van der Waals surface area (Å²) >= 11 is 0. The van der Waals surface area contributed by atoms with Crippen LogP contribution < -0.4 is 20.7 Å².